The van der Waals surface area contributed by atoms with E-state index in [0.717, 1.165) is 44.8 Å². The fourth-order valence-electron chi connectivity index (χ4n) is 2.13. The van der Waals surface area contributed by atoms with Crippen molar-refractivity contribution in [1.82, 2.24) is 0 Å². The Morgan fingerprint density at radius 3 is 2.78 bits per heavy atom. The van der Waals surface area contributed by atoms with Gasteiger partial charge in [0.05, 0.1) is 30.4 Å². The first-order chi connectivity index (χ1) is 8.81. The van der Waals surface area contributed by atoms with E-state index in [1.54, 1.807) is 0 Å². The highest BCUT2D eigenvalue weighted by Crippen LogP contribution is 2.26. The zero-order valence-corrected chi connectivity index (χ0v) is 10.9. The number of benzene rings is 1. The van der Waals surface area contributed by atoms with Gasteiger partial charge in [-0.05, 0) is 18.6 Å². The Morgan fingerprint density at radius 1 is 1.33 bits per heavy atom. The first-order valence-corrected chi connectivity index (χ1v) is 6.57. The van der Waals surface area contributed by atoms with Crippen molar-refractivity contribution in [3.05, 3.63) is 24.3 Å². The standard InChI is InChI=1S/C14H21N3O/c1-2-5-14(15)16-12-6-3-4-7-13(12)17-8-10-18-11-9-17/h3-4,6-7H,2,5,8-11H2,1H3,(H2,15,16). The molecule has 0 radical (unpaired) electrons. The number of nitrogens with one attached hydrogen (secondary N) is 2. The molecule has 1 aliphatic heterocycles. The minimum Gasteiger partial charge on any atom is -0.378 e. The molecule has 0 aliphatic carbocycles. The summed E-state index contributed by atoms with van der Waals surface area (Å²) in [6, 6.07) is 8.19. The van der Waals surface area contributed by atoms with Crippen LogP contribution >= 0.6 is 0 Å². The fraction of sp³-hybridized carbons (Fsp3) is 0.500. The van der Waals surface area contributed by atoms with E-state index < -0.39 is 0 Å². The second-order valence-corrected chi connectivity index (χ2v) is 4.47. The van der Waals surface area contributed by atoms with E-state index in [1.807, 2.05) is 18.2 Å². The van der Waals surface area contributed by atoms with Gasteiger partial charge in [-0.15, -0.1) is 0 Å². The SMILES string of the molecule is CCCC(=N)Nc1ccccc1N1CCOCC1. The first kappa shape index (κ1) is 12.9. The number of amidine groups is 1. The van der Waals surface area contributed by atoms with Crippen LogP contribution in [0.2, 0.25) is 0 Å². The van der Waals surface area contributed by atoms with Gasteiger partial charge in [0.15, 0.2) is 0 Å². The lowest BCUT2D eigenvalue weighted by molar-refractivity contribution is 0.123. The van der Waals surface area contributed by atoms with Crippen molar-refractivity contribution in [2.75, 3.05) is 36.5 Å². The van der Waals surface area contributed by atoms with Crippen LogP contribution in [0.1, 0.15) is 19.8 Å². The summed E-state index contributed by atoms with van der Waals surface area (Å²) in [5.74, 6) is 0.582. The molecule has 0 bridgehead atoms. The Hall–Kier alpha value is -1.55. The molecule has 1 saturated heterocycles. The molecule has 2 rings (SSSR count). The summed E-state index contributed by atoms with van der Waals surface area (Å²) in [6.45, 7) is 5.48. The van der Waals surface area contributed by atoms with E-state index in [9.17, 15) is 0 Å². The average molecular weight is 247 g/mol. The van der Waals surface area contributed by atoms with E-state index in [4.69, 9.17) is 10.1 Å². The maximum Gasteiger partial charge on any atom is 0.0976 e. The van der Waals surface area contributed by atoms with E-state index in [0.29, 0.717) is 5.84 Å². The Labute approximate surface area is 108 Å². The number of rotatable bonds is 4. The number of hydrogen-bond acceptors (Lipinski definition) is 3. The van der Waals surface area contributed by atoms with Crippen LogP contribution in [0.15, 0.2) is 24.3 Å². The van der Waals surface area contributed by atoms with Gasteiger partial charge in [0.25, 0.3) is 0 Å². The normalized spacial score (nSPS) is 15.5. The molecule has 98 valence electrons. The summed E-state index contributed by atoms with van der Waals surface area (Å²) in [6.07, 6.45) is 1.78. The summed E-state index contributed by atoms with van der Waals surface area (Å²) in [5, 5.41) is 11.1. The molecule has 4 heteroatoms. The average Bonchev–Trinajstić information content (AvgIpc) is 2.40. The van der Waals surface area contributed by atoms with Crippen LogP contribution < -0.4 is 10.2 Å². The molecular formula is C14H21N3O. The van der Waals surface area contributed by atoms with Crippen LogP contribution in [0.3, 0.4) is 0 Å². The second kappa shape index (κ2) is 6.40. The van der Waals surface area contributed by atoms with Crippen molar-refractivity contribution in [2.24, 2.45) is 0 Å². The molecule has 0 amide bonds. The Bertz CT molecular complexity index is 400. The number of para-hydroxylation sites is 2. The zero-order valence-electron chi connectivity index (χ0n) is 10.9. The highest BCUT2D eigenvalue weighted by molar-refractivity contribution is 5.96. The molecule has 2 N–H and O–H groups in total. The van der Waals surface area contributed by atoms with Crippen LogP contribution in [-0.4, -0.2) is 32.1 Å². The van der Waals surface area contributed by atoms with Crippen molar-refractivity contribution in [1.29, 1.82) is 5.41 Å². The van der Waals surface area contributed by atoms with Crippen molar-refractivity contribution in [2.45, 2.75) is 19.8 Å². The van der Waals surface area contributed by atoms with Gasteiger partial charge >= 0.3 is 0 Å². The Balaban J connectivity index is 2.11. The molecule has 0 atom stereocenters. The number of hydrogen-bond donors (Lipinski definition) is 2. The highest BCUT2D eigenvalue weighted by atomic mass is 16.5. The molecular weight excluding hydrogens is 226 g/mol. The molecule has 4 nitrogen and oxygen atoms in total. The highest BCUT2D eigenvalue weighted by Gasteiger charge is 2.14. The van der Waals surface area contributed by atoms with Crippen molar-refractivity contribution in [3.8, 4) is 0 Å². The predicted molar refractivity (Wildman–Crippen MR) is 75.7 cm³/mol. The summed E-state index contributed by atoms with van der Waals surface area (Å²) in [4.78, 5) is 2.31. The van der Waals surface area contributed by atoms with Crippen molar-refractivity contribution in [3.63, 3.8) is 0 Å². The number of ether oxygens (including phenoxy) is 1. The van der Waals surface area contributed by atoms with Crippen molar-refractivity contribution < 1.29 is 4.74 Å². The van der Waals surface area contributed by atoms with Gasteiger partial charge in [0, 0.05) is 19.5 Å². The third-order valence-electron chi connectivity index (χ3n) is 3.04. The number of anilines is 2. The molecule has 1 heterocycles. The van der Waals surface area contributed by atoms with Crippen LogP contribution in [0.4, 0.5) is 11.4 Å². The summed E-state index contributed by atoms with van der Waals surface area (Å²) >= 11 is 0. The molecule has 0 aromatic heterocycles. The lowest BCUT2D eigenvalue weighted by Crippen LogP contribution is -2.36. The number of morpholine rings is 1. The minimum atomic E-state index is 0.582. The molecule has 0 unspecified atom stereocenters. The second-order valence-electron chi connectivity index (χ2n) is 4.47. The largest absolute Gasteiger partial charge is 0.378 e. The molecule has 0 saturated carbocycles. The zero-order chi connectivity index (χ0) is 12.8. The maximum absolute atomic E-state index is 7.88. The molecule has 1 aliphatic rings. The van der Waals surface area contributed by atoms with Gasteiger partial charge in [-0.3, -0.25) is 5.41 Å². The van der Waals surface area contributed by atoms with Gasteiger partial charge in [-0.1, -0.05) is 19.1 Å². The van der Waals surface area contributed by atoms with Gasteiger partial charge in [-0.2, -0.15) is 0 Å². The van der Waals surface area contributed by atoms with Crippen LogP contribution in [0, 0.1) is 5.41 Å². The van der Waals surface area contributed by atoms with Gasteiger partial charge in [-0.25, -0.2) is 0 Å². The third kappa shape index (κ3) is 3.23. The third-order valence-corrected chi connectivity index (χ3v) is 3.04. The number of nitrogens with zero attached hydrogens (tertiary/aromatic N) is 1. The fourth-order valence-corrected chi connectivity index (χ4v) is 2.13. The first-order valence-electron chi connectivity index (χ1n) is 6.57. The minimum absolute atomic E-state index is 0.582. The molecule has 1 fully saturated rings. The van der Waals surface area contributed by atoms with Gasteiger partial charge in [0.1, 0.15) is 0 Å². The van der Waals surface area contributed by atoms with Crippen LogP contribution in [0.5, 0.6) is 0 Å². The van der Waals surface area contributed by atoms with Gasteiger partial charge in [0.2, 0.25) is 0 Å². The van der Waals surface area contributed by atoms with E-state index in [2.05, 4.69) is 23.2 Å². The quantitative estimate of drug-likeness (QED) is 0.635. The molecule has 0 spiro atoms. The van der Waals surface area contributed by atoms with Crippen LogP contribution in [-0.2, 0) is 4.74 Å². The smallest absolute Gasteiger partial charge is 0.0976 e. The molecule has 1 aromatic rings. The summed E-state index contributed by atoms with van der Waals surface area (Å²) in [5.41, 5.74) is 2.19. The van der Waals surface area contributed by atoms with E-state index in [1.165, 1.54) is 5.69 Å². The van der Waals surface area contributed by atoms with Gasteiger partial charge < -0.3 is 15.0 Å². The lowest BCUT2D eigenvalue weighted by Gasteiger charge is -2.30. The topological polar surface area (TPSA) is 48.4 Å². The Morgan fingerprint density at radius 2 is 2.06 bits per heavy atom. The molecule has 1 aromatic carbocycles. The van der Waals surface area contributed by atoms with E-state index >= 15 is 0 Å². The van der Waals surface area contributed by atoms with Crippen molar-refractivity contribution >= 4 is 17.2 Å². The molecule has 18 heavy (non-hydrogen) atoms. The predicted octanol–water partition coefficient (Wildman–Crippen LogP) is 2.71. The lowest BCUT2D eigenvalue weighted by atomic mass is 10.2. The monoisotopic (exact) mass is 247 g/mol. The summed E-state index contributed by atoms with van der Waals surface area (Å²) in [7, 11) is 0. The summed E-state index contributed by atoms with van der Waals surface area (Å²) < 4.78 is 5.38. The van der Waals surface area contributed by atoms with Crippen LogP contribution in [0.25, 0.3) is 0 Å². The van der Waals surface area contributed by atoms with E-state index in [-0.39, 0.29) is 0 Å². The maximum atomic E-state index is 7.88. The Kier molecular flexibility index (Phi) is 4.59.